The minimum Gasteiger partial charge on any atom is -0.496 e. The molecule has 1 aliphatic heterocycles. The Hall–Kier alpha value is -1.80. The number of hydrogen-bond acceptors (Lipinski definition) is 2. The third-order valence-corrected chi connectivity index (χ3v) is 4.31. The quantitative estimate of drug-likeness (QED) is 0.897. The lowest BCUT2D eigenvalue weighted by atomic mass is 9.89. The first kappa shape index (κ1) is 13.2. The van der Waals surface area contributed by atoms with E-state index in [0.717, 1.165) is 25.3 Å². The summed E-state index contributed by atoms with van der Waals surface area (Å²) in [6.45, 7) is 6.29. The molecule has 0 spiro atoms. The minimum atomic E-state index is 0.969. The molecule has 0 saturated carbocycles. The molecular formula is C18H21NO. The Morgan fingerprint density at radius 1 is 1.05 bits per heavy atom. The van der Waals surface area contributed by atoms with Crippen molar-refractivity contribution in [3.05, 3.63) is 52.6 Å². The standard InChI is InChI=1S/C18H21NO/c1-12-7-8-17(18(20-3)13(12)2)16-6-4-5-14-11-19-10-9-15(14)16/h4-8,19H,9-11H2,1-3H3. The van der Waals surface area contributed by atoms with Gasteiger partial charge in [-0.3, -0.25) is 0 Å². The molecule has 2 heteroatoms. The number of nitrogens with one attached hydrogen (secondary N) is 1. The molecule has 2 aromatic rings. The molecule has 0 unspecified atom stereocenters. The fourth-order valence-electron chi connectivity index (χ4n) is 3.05. The summed E-state index contributed by atoms with van der Waals surface area (Å²) >= 11 is 0. The van der Waals surface area contributed by atoms with E-state index in [9.17, 15) is 0 Å². The van der Waals surface area contributed by atoms with E-state index >= 15 is 0 Å². The van der Waals surface area contributed by atoms with Crippen molar-refractivity contribution in [3.8, 4) is 16.9 Å². The average molecular weight is 267 g/mol. The lowest BCUT2D eigenvalue weighted by Gasteiger charge is -2.22. The van der Waals surface area contributed by atoms with Crippen molar-refractivity contribution in [1.82, 2.24) is 5.32 Å². The predicted octanol–water partition coefficient (Wildman–Crippen LogP) is 3.62. The van der Waals surface area contributed by atoms with E-state index in [1.54, 1.807) is 7.11 Å². The summed E-state index contributed by atoms with van der Waals surface area (Å²) in [6, 6.07) is 11.0. The summed E-state index contributed by atoms with van der Waals surface area (Å²) in [5.41, 5.74) is 7.92. The van der Waals surface area contributed by atoms with E-state index in [1.165, 1.54) is 33.4 Å². The fraction of sp³-hybridized carbons (Fsp3) is 0.333. The van der Waals surface area contributed by atoms with Gasteiger partial charge in [0, 0.05) is 12.1 Å². The van der Waals surface area contributed by atoms with Gasteiger partial charge < -0.3 is 10.1 Å². The summed E-state index contributed by atoms with van der Waals surface area (Å²) in [7, 11) is 1.77. The van der Waals surface area contributed by atoms with Crippen LogP contribution in [0, 0.1) is 13.8 Å². The molecule has 0 fully saturated rings. The van der Waals surface area contributed by atoms with Crippen molar-refractivity contribution < 1.29 is 4.74 Å². The zero-order valence-corrected chi connectivity index (χ0v) is 12.4. The molecule has 3 rings (SSSR count). The van der Waals surface area contributed by atoms with Gasteiger partial charge in [0.25, 0.3) is 0 Å². The number of benzene rings is 2. The molecule has 1 heterocycles. The van der Waals surface area contributed by atoms with Crippen LogP contribution in [0.4, 0.5) is 0 Å². The van der Waals surface area contributed by atoms with E-state index in [2.05, 4.69) is 49.5 Å². The van der Waals surface area contributed by atoms with Crippen molar-refractivity contribution in [2.75, 3.05) is 13.7 Å². The Labute approximate surface area is 120 Å². The zero-order chi connectivity index (χ0) is 14.1. The molecule has 0 radical (unpaired) electrons. The first-order valence-corrected chi connectivity index (χ1v) is 7.18. The summed E-state index contributed by atoms with van der Waals surface area (Å²) in [4.78, 5) is 0. The minimum absolute atomic E-state index is 0.969. The fourth-order valence-corrected chi connectivity index (χ4v) is 3.05. The van der Waals surface area contributed by atoms with Gasteiger partial charge in [-0.25, -0.2) is 0 Å². The van der Waals surface area contributed by atoms with Crippen LogP contribution in [0.5, 0.6) is 5.75 Å². The van der Waals surface area contributed by atoms with Gasteiger partial charge in [0.2, 0.25) is 0 Å². The molecule has 1 N–H and O–H groups in total. The van der Waals surface area contributed by atoms with Crippen LogP contribution in [0.2, 0.25) is 0 Å². The van der Waals surface area contributed by atoms with Gasteiger partial charge in [-0.05, 0) is 54.6 Å². The highest BCUT2D eigenvalue weighted by Crippen LogP contribution is 2.37. The van der Waals surface area contributed by atoms with Crippen LogP contribution in [-0.4, -0.2) is 13.7 Å². The first-order valence-electron chi connectivity index (χ1n) is 7.18. The second kappa shape index (κ2) is 5.29. The monoisotopic (exact) mass is 267 g/mol. The van der Waals surface area contributed by atoms with Crippen molar-refractivity contribution in [2.24, 2.45) is 0 Å². The average Bonchev–Trinajstić information content (AvgIpc) is 2.49. The van der Waals surface area contributed by atoms with Crippen molar-refractivity contribution in [1.29, 1.82) is 0 Å². The number of fused-ring (bicyclic) bond motifs is 1. The maximum atomic E-state index is 5.69. The molecule has 0 atom stereocenters. The van der Waals surface area contributed by atoms with E-state index in [-0.39, 0.29) is 0 Å². The van der Waals surface area contributed by atoms with Crippen molar-refractivity contribution in [2.45, 2.75) is 26.8 Å². The lowest BCUT2D eigenvalue weighted by molar-refractivity contribution is 0.413. The van der Waals surface area contributed by atoms with Crippen LogP contribution in [0.1, 0.15) is 22.3 Å². The lowest BCUT2D eigenvalue weighted by Crippen LogP contribution is -2.24. The molecule has 0 aliphatic carbocycles. The maximum Gasteiger partial charge on any atom is 0.129 e. The normalized spacial score (nSPS) is 13.9. The number of rotatable bonds is 2. The third kappa shape index (κ3) is 2.10. The Kier molecular flexibility index (Phi) is 3.49. The van der Waals surface area contributed by atoms with Crippen molar-refractivity contribution >= 4 is 0 Å². The molecular weight excluding hydrogens is 246 g/mol. The van der Waals surface area contributed by atoms with Gasteiger partial charge in [0.15, 0.2) is 0 Å². The second-order valence-electron chi connectivity index (χ2n) is 5.46. The van der Waals surface area contributed by atoms with Crippen molar-refractivity contribution in [3.63, 3.8) is 0 Å². The summed E-state index contributed by atoms with van der Waals surface area (Å²) < 4.78 is 5.69. The van der Waals surface area contributed by atoms with E-state index < -0.39 is 0 Å². The highest BCUT2D eigenvalue weighted by atomic mass is 16.5. The SMILES string of the molecule is COc1c(-c2cccc3c2CCNC3)ccc(C)c1C. The van der Waals surface area contributed by atoms with Crippen LogP contribution in [0.25, 0.3) is 11.1 Å². The molecule has 0 saturated heterocycles. The largest absolute Gasteiger partial charge is 0.496 e. The third-order valence-electron chi connectivity index (χ3n) is 4.31. The number of methoxy groups -OCH3 is 1. The highest BCUT2D eigenvalue weighted by molar-refractivity contribution is 5.76. The predicted molar refractivity (Wildman–Crippen MR) is 83.3 cm³/mol. The van der Waals surface area contributed by atoms with E-state index in [1.807, 2.05) is 0 Å². The molecule has 0 bridgehead atoms. The van der Waals surface area contributed by atoms with Crippen LogP contribution in [0.3, 0.4) is 0 Å². The summed E-state index contributed by atoms with van der Waals surface area (Å²) in [6.07, 6.45) is 1.08. The Bertz CT molecular complexity index is 646. The first-order chi connectivity index (χ1) is 9.72. The maximum absolute atomic E-state index is 5.69. The van der Waals surface area contributed by atoms with Gasteiger partial charge in [-0.2, -0.15) is 0 Å². The van der Waals surface area contributed by atoms with Crippen LogP contribution in [0.15, 0.2) is 30.3 Å². The van der Waals surface area contributed by atoms with Gasteiger partial charge in [-0.15, -0.1) is 0 Å². The van der Waals surface area contributed by atoms with Gasteiger partial charge in [0.1, 0.15) is 5.75 Å². The smallest absolute Gasteiger partial charge is 0.129 e. The Morgan fingerprint density at radius 3 is 2.70 bits per heavy atom. The van der Waals surface area contributed by atoms with Gasteiger partial charge in [-0.1, -0.05) is 30.3 Å². The number of hydrogen-bond donors (Lipinski definition) is 1. The summed E-state index contributed by atoms with van der Waals surface area (Å²) in [5.74, 6) is 1.01. The topological polar surface area (TPSA) is 21.3 Å². The molecule has 0 amide bonds. The molecule has 20 heavy (non-hydrogen) atoms. The second-order valence-corrected chi connectivity index (χ2v) is 5.46. The molecule has 104 valence electrons. The molecule has 0 aromatic heterocycles. The van der Waals surface area contributed by atoms with Gasteiger partial charge >= 0.3 is 0 Å². The number of ether oxygens (including phenoxy) is 1. The number of aryl methyl sites for hydroxylation is 1. The highest BCUT2D eigenvalue weighted by Gasteiger charge is 2.17. The Balaban J connectivity index is 2.22. The van der Waals surface area contributed by atoms with Crippen LogP contribution in [-0.2, 0) is 13.0 Å². The van der Waals surface area contributed by atoms with Crippen LogP contribution >= 0.6 is 0 Å². The van der Waals surface area contributed by atoms with E-state index in [4.69, 9.17) is 4.74 Å². The Morgan fingerprint density at radius 2 is 1.90 bits per heavy atom. The van der Waals surface area contributed by atoms with E-state index in [0.29, 0.717) is 0 Å². The molecule has 2 nitrogen and oxygen atoms in total. The summed E-state index contributed by atoms with van der Waals surface area (Å²) in [5, 5.41) is 3.44. The van der Waals surface area contributed by atoms with Crippen LogP contribution < -0.4 is 10.1 Å². The zero-order valence-electron chi connectivity index (χ0n) is 12.4. The molecule has 2 aromatic carbocycles. The molecule has 1 aliphatic rings. The van der Waals surface area contributed by atoms with Gasteiger partial charge in [0.05, 0.1) is 7.11 Å².